The Morgan fingerprint density at radius 2 is 1.94 bits per heavy atom. The lowest BCUT2D eigenvalue weighted by Crippen LogP contribution is -2.34. The van der Waals surface area contributed by atoms with Gasteiger partial charge in [-0.15, -0.1) is 11.3 Å². The van der Waals surface area contributed by atoms with Gasteiger partial charge in [-0.25, -0.2) is 13.4 Å². The third-order valence-corrected chi connectivity index (χ3v) is 10.3. The average Bonchev–Trinajstić information content (AvgIpc) is 3.37. The second kappa shape index (κ2) is 10.6. The van der Waals surface area contributed by atoms with Gasteiger partial charge in [-0.2, -0.15) is 5.26 Å². The van der Waals surface area contributed by atoms with Crippen LogP contribution in [0.4, 0.5) is 5.13 Å². The Labute approximate surface area is 218 Å². The first-order valence-electron chi connectivity index (χ1n) is 12.8. The van der Waals surface area contributed by atoms with Crippen LogP contribution >= 0.6 is 11.3 Å². The van der Waals surface area contributed by atoms with Crippen molar-refractivity contribution in [2.75, 3.05) is 17.6 Å². The largest absolute Gasteiger partial charge is 0.302 e. The summed E-state index contributed by atoms with van der Waals surface area (Å²) in [6.07, 6.45) is 4.31. The number of nitrogens with one attached hydrogen (secondary N) is 1. The third kappa shape index (κ3) is 5.82. The first-order valence-corrected chi connectivity index (χ1v) is 15.3. The number of carbonyl (C=O) groups excluding carboxylic acids is 1. The molecule has 1 aliphatic heterocycles. The number of rotatable bonds is 8. The van der Waals surface area contributed by atoms with Gasteiger partial charge in [-0.1, -0.05) is 32.9 Å². The molecule has 2 aliphatic rings. The van der Waals surface area contributed by atoms with Crippen LogP contribution in [0.2, 0.25) is 0 Å². The number of thiazole rings is 1. The summed E-state index contributed by atoms with van der Waals surface area (Å²) in [6.45, 7) is 10.0. The fraction of sp³-hybridized carbons (Fsp3) is 0.593. The van der Waals surface area contributed by atoms with Crippen molar-refractivity contribution in [2.24, 2.45) is 17.3 Å². The van der Waals surface area contributed by atoms with E-state index in [0.717, 1.165) is 50.0 Å². The summed E-state index contributed by atoms with van der Waals surface area (Å²) in [5.41, 5.74) is 1.68. The topological polar surface area (TPSA) is 103 Å². The molecule has 1 N–H and O–H groups in total. The minimum Gasteiger partial charge on any atom is -0.302 e. The molecule has 7 nitrogen and oxygen atoms in total. The van der Waals surface area contributed by atoms with Crippen LogP contribution in [0.5, 0.6) is 0 Å². The van der Waals surface area contributed by atoms with E-state index in [1.807, 2.05) is 0 Å². The van der Waals surface area contributed by atoms with Gasteiger partial charge in [-0.3, -0.25) is 9.69 Å². The lowest BCUT2D eigenvalue weighted by Gasteiger charge is -2.36. The number of anilines is 1. The number of benzene rings is 1. The highest BCUT2D eigenvalue weighted by Crippen LogP contribution is 2.45. The van der Waals surface area contributed by atoms with Gasteiger partial charge in [-0.05, 0) is 62.1 Å². The molecule has 1 amide bonds. The Hall–Kier alpha value is -2.28. The molecule has 0 bridgehead atoms. The number of amides is 1. The monoisotopic (exact) mass is 528 g/mol. The van der Waals surface area contributed by atoms with Crippen molar-refractivity contribution < 1.29 is 13.2 Å². The maximum atomic E-state index is 12.7. The summed E-state index contributed by atoms with van der Waals surface area (Å²) >= 11 is 1.55. The van der Waals surface area contributed by atoms with Gasteiger partial charge < -0.3 is 5.32 Å². The summed E-state index contributed by atoms with van der Waals surface area (Å²) in [5.74, 6) is 0.911. The number of hydrogen-bond donors (Lipinski definition) is 1. The Morgan fingerprint density at radius 3 is 2.53 bits per heavy atom. The number of nitrogens with zero attached hydrogens (tertiary/aromatic N) is 3. The van der Waals surface area contributed by atoms with Gasteiger partial charge >= 0.3 is 0 Å². The van der Waals surface area contributed by atoms with Crippen molar-refractivity contribution in [2.45, 2.75) is 77.3 Å². The second-order valence-electron chi connectivity index (χ2n) is 10.8. The SMILES string of the molecule is CCS(=O)(=O)c1ccc(CC(=O)Nc2nc3c(s2)CN(C[C@H]2CC[C@](C)(C#N)CC2)[C@H]3C(C)C)cc1. The van der Waals surface area contributed by atoms with Crippen molar-refractivity contribution in [3.05, 3.63) is 40.4 Å². The van der Waals surface area contributed by atoms with Crippen LogP contribution < -0.4 is 5.32 Å². The average molecular weight is 529 g/mol. The van der Waals surface area contributed by atoms with Gasteiger partial charge in [0.25, 0.3) is 0 Å². The van der Waals surface area contributed by atoms with Crippen LogP contribution in [0, 0.1) is 28.6 Å². The predicted octanol–water partition coefficient (Wildman–Crippen LogP) is 5.35. The zero-order valence-corrected chi connectivity index (χ0v) is 23.2. The number of sulfone groups is 1. The summed E-state index contributed by atoms with van der Waals surface area (Å²) < 4.78 is 24.0. The zero-order chi connectivity index (χ0) is 26.1. The maximum Gasteiger partial charge on any atom is 0.230 e. The van der Waals surface area contributed by atoms with Crippen molar-refractivity contribution in [3.63, 3.8) is 0 Å². The normalized spacial score (nSPS) is 24.4. The molecule has 2 heterocycles. The molecule has 0 radical (unpaired) electrons. The van der Waals surface area contributed by atoms with E-state index in [2.05, 4.69) is 37.1 Å². The smallest absolute Gasteiger partial charge is 0.230 e. The van der Waals surface area contributed by atoms with E-state index in [4.69, 9.17) is 4.98 Å². The van der Waals surface area contributed by atoms with Crippen LogP contribution in [0.3, 0.4) is 0 Å². The molecule has 1 aromatic carbocycles. The molecule has 194 valence electrons. The molecule has 1 aliphatic carbocycles. The minimum absolute atomic E-state index is 0.0532. The molecule has 4 rings (SSSR count). The minimum atomic E-state index is -3.25. The number of aromatic nitrogens is 1. The molecule has 2 aromatic rings. The van der Waals surface area contributed by atoms with E-state index in [9.17, 15) is 18.5 Å². The fourth-order valence-corrected chi connectivity index (χ4v) is 7.33. The van der Waals surface area contributed by atoms with Crippen molar-refractivity contribution >= 4 is 32.2 Å². The Balaban J connectivity index is 1.37. The molecule has 0 unspecified atom stereocenters. The lowest BCUT2D eigenvalue weighted by atomic mass is 9.72. The number of carbonyl (C=O) groups is 1. The van der Waals surface area contributed by atoms with Gasteiger partial charge in [0.1, 0.15) is 0 Å². The van der Waals surface area contributed by atoms with E-state index in [1.165, 1.54) is 4.88 Å². The summed E-state index contributed by atoms with van der Waals surface area (Å²) in [4.78, 5) is 21.5. The van der Waals surface area contributed by atoms with Crippen LogP contribution in [-0.4, -0.2) is 36.5 Å². The van der Waals surface area contributed by atoms with Gasteiger partial charge in [0.05, 0.1) is 40.3 Å². The Bertz CT molecular complexity index is 1240. The zero-order valence-electron chi connectivity index (χ0n) is 21.6. The van der Waals surface area contributed by atoms with Crippen LogP contribution in [0.25, 0.3) is 0 Å². The molecule has 1 atom stereocenters. The number of nitriles is 1. The second-order valence-corrected chi connectivity index (χ2v) is 14.2. The summed E-state index contributed by atoms with van der Waals surface area (Å²) in [5, 5.41) is 13.0. The van der Waals surface area contributed by atoms with Crippen molar-refractivity contribution in [1.82, 2.24) is 9.88 Å². The fourth-order valence-electron chi connectivity index (χ4n) is 5.40. The highest BCUT2D eigenvalue weighted by molar-refractivity contribution is 7.91. The Kier molecular flexibility index (Phi) is 7.89. The Morgan fingerprint density at radius 1 is 1.28 bits per heavy atom. The first-order chi connectivity index (χ1) is 17.0. The summed E-state index contributed by atoms with van der Waals surface area (Å²) in [6, 6.07) is 9.25. The number of hydrogen-bond acceptors (Lipinski definition) is 7. The molecule has 36 heavy (non-hydrogen) atoms. The molecule has 9 heteroatoms. The van der Waals surface area contributed by atoms with E-state index >= 15 is 0 Å². The lowest BCUT2D eigenvalue weighted by molar-refractivity contribution is -0.115. The predicted molar refractivity (Wildman–Crippen MR) is 142 cm³/mol. The molecular formula is C27H36N4O3S2. The molecule has 0 saturated heterocycles. The summed E-state index contributed by atoms with van der Waals surface area (Å²) in [7, 11) is -3.25. The maximum absolute atomic E-state index is 12.7. The van der Waals surface area contributed by atoms with Crippen molar-refractivity contribution in [3.8, 4) is 6.07 Å². The van der Waals surface area contributed by atoms with Gasteiger partial charge in [0.2, 0.25) is 5.91 Å². The van der Waals surface area contributed by atoms with Crippen LogP contribution in [0.15, 0.2) is 29.2 Å². The molecule has 0 spiro atoms. The third-order valence-electron chi connectivity index (χ3n) is 7.62. The molecule has 1 saturated carbocycles. The standard InChI is InChI=1S/C27H36N4O3S2/c1-5-36(33,34)21-8-6-19(7-9-21)14-23(32)29-26-30-24-22(35-26)16-31(25(24)18(2)3)15-20-10-12-27(4,17-28)13-11-20/h6-9,18,20,25H,5,10-16H2,1-4H3,(H,29,30,32)/t20-,25-,27-/m0/s1. The van der Waals surface area contributed by atoms with Gasteiger partial charge in [0, 0.05) is 18.0 Å². The van der Waals surface area contributed by atoms with E-state index in [0.29, 0.717) is 17.0 Å². The van der Waals surface area contributed by atoms with E-state index in [-0.39, 0.29) is 34.4 Å². The van der Waals surface area contributed by atoms with Crippen LogP contribution in [-0.2, 0) is 27.6 Å². The van der Waals surface area contributed by atoms with E-state index < -0.39 is 9.84 Å². The van der Waals surface area contributed by atoms with E-state index in [1.54, 1.807) is 42.5 Å². The number of fused-ring (bicyclic) bond motifs is 1. The molecule has 1 aromatic heterocycles. The molecular weight excluding hydrogens is 492 g/mol. The highest BCUT2D eigenvalue weighted by Gasteiger charge is 2.39. The highest BCUT2D eigenvalue weighted by atomic mass is 32.2. The molecule has 1 fully saturated rings. The quantitative estimate of drug-likeness (QED) is 0.495. The first kappa shape index (κ1) is 26.8. The van der Waals surface area contributed by atoms with Crippen molar-refractivity contribution in [1.29, 1.82) is 5.26 Å². The van der Waals surface area contributed by atoms with Gasteiger partial charge in [0.15, 0.2) is 15.0 Å². The van der Waals surface area contributed by atoms with Crippen LogP contribution in [0.1, 0.15) is 75.6 Å².